The first-order chi connectivity index (χ1) is 13.7. The number of carbonyl (C=O) groups is 1. The second kappa shape index (κ2) is 8.34. The highest BCUT2D eigenvalue weighted by atomic mass is 35.5. The minimum atomic E-state index is -0.616. The van der Waals surface area contributed by atoms with E-state index in [2.05, 4.69) is 15.4 Å². The SMILES string of the molecule is COC[C@@H](C)NC(=O)c1cn2nc(-c3ccc(Cl)c(F)c3)[nH]c(=O)c2c1C(C)C. The Morgan fingerprint density at radius 3 is 2.72 bits per heavy atom. The van der Waals surface area contributed by atoms with Gasteiger partial charge in [-0.3, -0.25) is 9.59 Å². The second-order valence-corrected chi connectivity index (χ2v) is 7.57. The molecule has 0 fully saturated rings. The van der Waals surface area contributed by atoms with Crippen LogP contribution in [0.1, 0.15) is 42.6 Å². The van der Waals surface area contributed by atoms with Crippen LogP contribution in [-0.4, -0.2) is 40.3 Å². The van der Waals surface area contributed by atoms with Gasteiger partial charge in [-0.15, -0.1) is 5.10 Å². The largest absolute Gasteiger partial charge is 0.383 e. The highest BCUT2D eigenvalue weighted by Crippen LogP contribution is 2.26. The summed E-state index contributed by atoms with van der Waals surface area (Å²) in [5.41, 5.74) is 1.18. The highest BCUT2D eigenvalue weighted by Gasteiger charge is 2.24. The number of methoxy groups -OCH3 is 1. The van der Waals surface area contributed by atoms with E-state index >= 15 is 0 Å². The van der Waals surface area contributed by atoms with E-state index < -0.39 is 11.4 Å². The zero-order chi connectivity index (χ0) is 21.3. The van der Waals surface area contributed by atoms with Crippen LogP contribution in [0, 0.1) is 5.82 Å². The van der Waals surface area contributed by atoms with Gasteiger partial charge in [0.1, 0.15) is 11.3 Å². The first-order valence-corrected chi connectivity index (χ1v) is 9.51. The fourth-order valence-corrected chi connectivity index (χ4v) is 3.36. The molecule has 0 saturated carbocycles. The number of amides is 1. The second-order valence-electron chi connectivity index (χ2n) is 7.17. The summed E-state index contributed by atoms with van der Waals surface area (Å²) in [7, 11) is 1.56. The molecule has 0 aliphatic heterocycles. The fourth-order valence-electron chi connectivity index (χ4n) is 3.24. The van der Waals surface area contributed by atoms with E-state index in [1.54, 1.807) is 13.2 Å². The number of aromatic nitrogens is 3. The smallest absolute Gasteiger partial charge is 0.275 e. The third kappa shape index (κ3) is 4.18. The van der Waals surface area contributed by atoms with E-state index in [-0.39, 0.29) is 34.2 Å². The van der Waals surface area contributed by atoms with E-state index in [4.69, 9.17) is 16.3 Å². The molecule has 0 aliphatic rings. The van der Waals surface area contributed by atoms with E-state index in [9.17, 15) is 14.0 Å². The summed E-state index contributed by atoms with van der Waals surface area (Å²) in [6, 6.07) is 3.94. The van der Waals surface area contributed by atoms with Gasteiger partial charge in [0.15, 0.2) is 5.82 Å². The molecule has 0 unspecified atom stereocenters. The Morgan fingerprint density at radius 2 is 2.10 bits per heavy atom. The number of hydrogen-bond acceptors (Lipinski definition) is 4. The Hall–Kier alpha value is -2.71. The van der Waals surface area contributed by atoms with Crippen LogP contribution in [-0.2, 0) is 4.74 Å². The minimum absolute atomic E-state index is 0.0237. The van der Waals surface area contributed by atoms with Crippen LogP contribution < -0.4 is 10.9 Å². The zero-order valence-corrected chi connectivity index (χ0v) is 17.3. The maximum absolute atomic E-state index is 13.8. The van der Waals surface area contributed by atoms with Crippen LogP contribution in [0.4, 0.5) is 4.39 Å². The van der Waals surface area contributed by atoms with Gasteiger partial charge in [-0.25, -0.2) is 8.91 Å². The number of rotatable bonds is 6. The van der Waals surface area contributed by atoms with Gasteiger partial charge >= 0.3 is 0 Å². The van der Waals surface area contributed by atoms with Crippen molar-refractivity contribution < 1.29 is 13.9 Å². The van der Waals surface area contributed by atoms with Crippen molar-refractivity contribution in [2.24, 2.45) is 0 Å². The van der Waals surface area contributed by atoms with Gasteiger partial charge in [0.05, 0.1) is 17.2 Å². The molecule has 2 heterocycles. The topological polar surface area (TPSA) is 88.5 Å². The molecule has 1 amide bonds. The molecule has 2 aromatic heterocycles. The van der Waals surface area contributed by atoms with E-state index in [0.29, 0.717) is 23.3 Å². The predicted octanol–water partition coefficient (Wildman–Crippen LogP) is 3.37. The molecule has 1 aromatic carbocycles. The van der Waals surface area contributed by atoms with Gasteiger partial charge in [0, 0.05) is 30.5 Å². The summed E-state index contributed by atoms with van der Waals surface area (Å²) in [5.74, 6) is -0.861. The van der Waals surface area contributed by atoms with Crippen molar-refractivity contribution in [1.82, 2.24) is 19.9 Å². The molecule has 3 rings (SSSR count). The molecular formula is C20H22ClFN4O3. The van der Waals surface area contributed by atoms with Crippen molar-refractivity contribution in [3.05, 3.63) is 56.7 Å². The maximum Gasteiger partial charge on any atom is 0.275 e. The number of carbonyl (C=O) groups excluding carboxylic acids is 1. The number of ether oxygens (including phenoxy) is 1. The quantitative estimate of drug-likeness (QED) is 0.640. The van der Waals surface area contributed by atoms with Crippen LogP contribution in [0.25, 0.3) is 16.9 Å². The molecule has 0 aliphatic carbocycles. The average Bonchev–Trinajstić information content (AvgIpc) is 3.04. The minimum Gasteiger partial charge on any atom is -0.383 e. The molecule has 0 saturated heterocycles. The molecule has 3 aromatic rings. The molecule has 2 N–H and O–H groups in total. The average molecular weight is 421 g/mol. The fraction of sp³-hybridized carbons (Fsp3) is 0.350. The Kier molecular flexibility index (Phi) is 6.04. The highest BCUT2D eigenvalue weighted by molar-refractivity contribution is 6.30. The van der Waals surface area contributed by atoms with Crippen LogP contribution in [0.15, 0.2) is 29.2 Å². The van der Waals surface area contributed by atoms with Crippen LogP contribution in [0.3, 0.4) is 0 Å². The molecular weight excluding hydrogens is 399 g/mol. The van der Waals surface area contributed by atoms with E-state index in [1.165, 1.54) is 22.8 Å². The number of nitrogens with one attached hydrogen (secondary N) is 2. The Labute approximate surface area is 171 Å². The van der Waals surface area contributed by atoms with Gasteiger partial charge in [-0.05, 0) is 31.0 Å². The summed E-state index contributed by atoms with van der Waals surface area (Å²) in [5, 5.41) is 7.21. The summed E-state index contributed by atoms with van der Waals surface area (Å²) >= 11 is 5.73. The zero-order valence-electron chi connectivity index (χ0n) is 16.5. The predicted molar refractivity (Wildman–Crippen MR) is 109 cm³/mol. The van der Waals surface area contributed by atoms with Crippen LogP contribution in [0.2, 0.25) is 5.02 Å². The number of benzene rings is 1. The summed E-state index contributed by atoms with van der Waals surface area (Å²) in [6.45, 7) is 5.98. The van der Waals surface area contributed by atoms with Gasteiger partial charge in [-0.1, -0.05) is 25.4 Å². The van der Waals surface area contributed by atoms with Crippen molar-refractivity contribution in [3.63, 3.8) is 0 Å². The first-order valence-electron chi connectivity index (χ1n) is 9.13. The third-order valence-electron chi connectivity index (χ3n) is 4.49. The Bertz CT molecular complexity index is 1120. The van der Waals surface area contributed by atoms with Crippen molar-refractivity contribution in [3.8, 4) is 11.4 Å². The van der Waals surface area contributed by atoms with Gasteiger partial charge in [0.2, 0.25) is 0 Å². The lowest BCUT2D eigenvalue weighted by atomic mass is 9.99. The van der Waals surface area contributed by atoms with Crippen molar-refractivity contribution in [1.29, 1.82) is 0 Å². The van der Waals surface area contributed by atoms with Crippen molar-refractivity contribution >= 4 is 23.0 Å². The van der Waals surface area contributed by atoms with Crippen molar-refractivity contribution in [2.45, 2.75) is 32.7 Å². The molecule has 0 radical (unpaired) electrons. The van der Waals surface area contributed by atoms with E-state index in [1.807, 2.05) is 20.8 Å². The normalized spacial score (nSPS) is 12.5. The molecule has 154 valence electrons. The molecule has 9 heteroatoms. The number of halogens is 2. The monoisotopic (exact) mass is 420 g/mol. The molecule has 7 nitrogen and oxygen atoms in total. The van der Waals surface area contributed by atoms with Gasteiger partial charge in [0.25, 0.3) is 11.5 Å². The molecule has 0 spiro atoms. The summed E-state index contributed by atoms with van der Waals surface area (Å²) < 4.78 is 20.2. The van der Waals surface area contributed by atoms with E-state index in [0.717, 1.165) is 0 Å². The lowest BCUT2D eigenvalue weighted by Gasteiger charge is -2.13. The number of hydrogen-bond donors (Lipinski definition) is 2. The Balaban J connectivity index is 2.13. The first kappa shape index (κ1) is 21.0. The standard InChI is InChI=1S/C20H22ClFN4O3/c1-10(2)16-13(19(27)23-11(3)9-29-4)8-26-17(16)20(28)24-18(25-26)12-5-6-14(21)15(22)7-12/h5-8,10-11H,9H2,1-4H3,(H,23,27)(H,24,25,28)/t11-/m1/s1. The molecule has 1 atom stereocenters. The van der Waals surface area contributed by atoms with Crippen molar-refractivity contribution in [2.75, 3.05) is 13.7 Å². The molecule has 0 bridgehead atoms. The lowest BCUT2D eigenvalue weighted by Crippen LogP contribution is -2.35. The lowest BCUT2D eigenvalue weighted by molar-refractivity contribution is 0.0904. The van der Waals surface area contributed by atoms with Gasteiger partial charge in [-0.2, -0.15) is 0 Å². The van der Waals surface area contributed by atoms with Crippen LogP contribution in [0.5, 0.6) is 0 Å². The number of nitrogens with zero attached hydrogens (tertiary/aromatic N) is 2. The number of H-pyrrole nitrogens is 1. The van der Waals surface area contributed by atoms with Crippen LogP contribution >= 0.6 is 11.6 Å². The third-order valence-corrected chi connectivity index (χ3v) is 4.80. The Morgan fingerprint density at radius 1 is 1.38 bits per heavy atom. The molecule has 29 heavy (non-hydrogen) atoms. The number of aromatic amines is 1. The van der Waals surface area contributed by atoms with Gasteiger partial charge < -0.3 is 15.0 Å². The maximum atomic E-state index is 13.8. The summed E-state index contributed by atoms with van der Waals surface area (Å²) in [6.07, 6.45) is 1.52. The summed E-state index contributed by atoms with van der Waals surface area (Å²) in [4.78, 5) is 28.3. The number of fused-ring (bicyclic) bond motifs is 1.